The van der Waals surface area contributed by atoms with Crippen LogP contribution in [0.15, 0.2) is 24.3 Å². The maximum Gasteiger partial charge on any atom is 0.343 e. The molecule has 1 aromatic carbocycles. The Morgan fingerprint density at radius 1 is 1.33 bits per heavy atom. The quantitative estimate of drug-likeness (QED) is 0.734. The maximum atomic E-state index is 10.8. The second-order valence-electron chi connectivity index (χ2n) is 3.04. The molecule has 0 unspecified atom stereocenters. The summed E-state index contributed by atoms with van der Waals surface area (Å²) in [6.07, 6.45) is 0. The van der Waals surface area contributed by atoms with Gasteiger partial charge in [-0.25, -0.2) is 4.79 Å². The molecule has 0 saturated carbocycles. The molecule has 4 heteroatoms. The van der Waals surface area contributed by atoms with E-state index in [0.29, 0.717) is 5.75 Å². The van der Waals surface area contributed by atoms with Gasteiger partial charge in [0.15, 0.2) is 6.61 Å². The van der Waals surface area contributed by atoms with Gasteiger partial charge in [0.2, 0.25) is 0 Å². The normalized spacial score (nSPS) is 9.73. The highest BCUT2D eigenvalue weighted by atomic mass is 16.6. The molecule has 0 radical (unpaired) electrons. The van der Waals surface area contributed by atoms with Crippen LogP contribution in [0.3, 0.4) is 0 Å². The van der Waals surface area contributed by atoms with E-state index in [1.54, 1.807) is 0 Å². The molecule has 15 heavy (non-hydrogen) atoms. The van der Waals surface area contributed by atoms with E-state index in [4.69, 9.17) is 4.74 Å². The summed E-state index contributed by atoms with van der Waals surface area (Å²) in [5.74, 6) is 0.287. The molecular formula is C11H15NO3. The van der Waals surface area contributed by atoms with Crippen molar-refractivity contribution in [2.45, 2.75) is 6.54 Å². The first-order chi connectivity index (χ1) is 7.26. The minimum absolute atomic E-state index is 0.0537. The summed E-state index contributed by atoms with van der Waals surface area (Å²) >= 11 is 0. The summed E-state index contributed by atoms with van der Waals surface area (Å²) in [4.78, 5) is 10.8. The highest BCUT2D eigenvalue weighted by Gasteiger charge is 2.01. The first-order valence-corrected chi connectivity index (χ1v) is 4.69. The van der Waals surface area contributed by atoms with Crippen LogP contribution in [-0.4, -0.2) is 26.7 Å². The van der Waals surface area contributed by atoms with Crippen molar-refractivity contribution in [3.05, 3.63) is 29.8 Å². The third-order valence-corrected chi connectivity index (χ3v) is 1.89. The van der Waals surface area contributed by atoms with Gasteiger partial charge in [-0.15, -0.1) is 0 Å². The number of carbonyl (C=O) groups is 1. The Bertz CT molecular complexity index is 308. The van der Waals surface area contributed by atoms with E-state index in [9.17, 15) is 4.79 Å². The van der Waals surface area contributed by atoms with E-state index in [-0.39, 0.29) is 12.6 Å². The molecule has 0 aromatic heterocycles. The van der Waals surface area contributed by atoms with Gasteiger partial charge >= 0.3 is 5.97 Å². The molecule has 0 fully saturated rings. The standard InChI is InChI=1S/C11H15NO3/c1-12-7-9-3-5-10(6-4-9)15-8-11(13)14-2/h3-6,12H,7-8H2,1-2H3. The molecule has 0 bridgehead atoms. The number of hydrogen-bond donors (Lipinski definition) is 1. The molecule has 1 N–H and O–H groups in total. The van der Waals surface area contributed by atoms with E-state index in [0.717, 1.165) is 6.54 Å². The van der Waals surface area contributed by atoms with Crippen molar-refractivity contribution in [3.8, 4) is 5.75 Å². The summed E-state index contributed by atoms with van der Waals surface area (Å²) < 4.78 is 9.66. The van der Waals surface area contributed by atoms with Crippen molar-refractivity contribution in [2.24, 2.45) is 0 Å². The highest BCUT2D eigenvalue weighted by molar-refractivity contribution is 5.70. The molecule has 0 aliphatic heterocycles. The zero-order valence-corrected chi connectivity index (χ0v) is 8.95. The van der Waals surface area contributed by atoms with Crippen molar-refractivity contribution < 1.29 is 14.3 Å². The average Bonchev–Trinajstić information content (AvgIpc) is 2.28. The zero-order chi connectivity index (χ0) is 11.1. The van der Waals surface area contributed by atoms with Crippen LogP contribution in [0.4, 0.5) is 0 Å². The largest absolute Gasteiger partial charge is 0.482 e. The lowest BCUT2D eigenvalue weighted by molar-refractivity contribution is -0.142. The third-order valence-electron chi connectivity index (χ3n) is 1.89. The Morgan fingerprint density at radius 2 is 2.00 bits per heavy atom. The summed E-state index contributed by atoms with van der Waals surface area (Å²) in [5, 5.41) is 3.05. The van der Waals surface area contributed by atoms with Crippen molar-refractivity contribution in [2.75, 3.05) is 20.8 Å². The average molecular weight is 209 g/mol. The second kappa shape index (κ2) is 6.03. The summed E-state index contributed by atoms with van der Waals surface area (Å²) in [6, 6.07) is 7.55. The molecule has 0 spiro atoms. The van der Waals surface area contributed by atoms with Crippen LogP contribution >= 0.6 is 0 Å². The Labute approximate surface area is 89.2 Å². The predicted octanol–water partition coefficient (Wildman–Crippen LogP) is 0.958. The molecule has 0 heterocycles. The number of hydrogen-bond acceptors (Lipinski definition) is 4. The number of rotatable bonds is 5. The molecule has 1 aromatic rings. The summed E-state index contributed by atoms with van der Waals surface area (Å²) in [5.41, 5.74) is 1.17. The fourth-order valence-electron chi connectivity index (χ4n) is 1.11. The lowest BCUT2D eigenvalue weighted by Crippen LogP contribution is -2.12. The Morgan fingerprint density at radius 3 is 2.53 bits per heavy atom. The molecule has 82 valence electrons. The van der Waals surface area contributed by atoms with Crippen LogP contribution in [0, 0.1) is 0 Å². The maximum absolute atomic E-state index is 10.8. The molecule has 1 rings (SSSR count). The molecule has 0 amide bonds. The number of carbonyl (C=O) groups excluding carboxylic acids is 1. The molecular weight excluding hydrogens is 194 g/mol. The van der Waals surface area contributed by atoms with Crippen LogP contribution in [-0.2, 0) is 16.1 Å². The van der Waals surface area contributed by atoms with Gasteiger partial charge in [-0.2, -0.15) is 0 Å². The second-order valence-corrected chi connectivity index (χ2v) is 3.04. The first kappa shape index (κ1) is 11.5. The lowest BCUT2D eigenvalue weighted by atomic mass is 10.2. The van der Waals surface area contributed by atoms with Crippen LogP contribution in [0.5, 0.6) is 5.75 Å². The topological polar surface area (TPSA) is 47.6 Å². The molecule has 0 saturated heterocycles. The van der Waals surface area contributed by atoms with Gasteiger partial charge in [0.25, 0.3) is 0 Å². The van der Waals surface area contributed by atoms with Crippen molar-refractivity contribution in [1.82, 2.24) is 5.32 Å². The van der Waals surface area contributed by atoms with Gasteiger partial charge in [0.1, 0.15) is 5.75 Å². The van der Waals surface area contributed by atoms with Crippen molar-refractivity contribution >= 4 is 5.97 Å². The van der Waals surface area contributed by atoms with Crippen LogP contribution in [0.2, 0.25) is 0 Å². The van der Waals surface area contributed by atoms with Gasteiger partial charge in [-0.3, -0.25) is 0 Å². The Kier molecular flexibility index (Phi) is 4.63. The summed E-state index contributed by atoms with van der Waals surface area (Å²) in [7, 11) is 3.23. The first-order valence-electron chi connectivity index (χ1n) is 4.69. The smallest absolute Gasteiger partial charge is 0.343 e. The van der Waals surface area contributed by atoms with Crippen LogP contribution in [0.25, 0.3) is 0 Å². The van der Waals surface area contributed by atoms with Gasteiger partial charge < -0.3 is 14.8 Å². The fraction of sp³-hybridized carbons (Fsp3) is 0.364. The molecule has 0 aliphatic rings. The van der Waals surface area contributed by atoms with Crippen LogP contribution in [0.1, 0.15) is 5.56 Å². The van der Waals surface area contributed by atoms with E-state index in [1.165, 1.54) is 12.7 Å². The molecule has 0 atom stereocenters. The number of ether oxygens (including phenoxy) is 2. The van der Waals surface area contributed by atoms with E-state index >= 15 is 0 Å². The van der Waals surface area contributed by atoms with Gasteiger partial charge in [-0.1, -0.05) is 12.1 Å². The number of methoxy groups -OCH3 is 1. The minimum Gasteiger partial charge on any atom is -0.482 e. The fourth-order valence-corrected chi connectivity index (χ4v) is 1.11. The molecule has 0 aliphatic carbocycles. The van der Waals surface area contributed by atoms with E-state index in [2.05, 4.69) is 10.1 Å². The molecule has 4 nitrogen and oxygen atoms in total. The van der Waals surface area contributed by atoms with Crippen LogP contribution < -0.4 is 10.1 Å². The van der Waals surface area contributed by atoms with Crippen molar-refractivity contribution in [3.63, 3.8) is 0 Å². The Balaban J connectivity index is 2.45. The zero-order valence-electron chi connectivity index (χ0n) is 8.95. The third kappa shape index (κ3) is 3.99. The van der Waals surface area contributed by atoms with E-state index < -0.39 is 0 Å². The van der Waals surface area contributed by atoms with Gasteiger partial charge in [-0.05, 0) is 24.7 Å². The number of esters is 1. The number of nitrogens with one attached hydrogen (secondary N) is 1. The monoisotopic (exact) mass is 209 g/mol. The van der Waals surface area contributed by atoms with Crippen molar-refractivity contribution in [1.29, 1.82) is 0 Å². The lowest BCUT2D eigenvalue weighted by Gasteiger charge is -2.05. The van der Waals surface area contributed by atoms with Gasteiger partial charge in [0, 0.05) is 6.54 Å². The minimum atomic E-state index is -0.380. The van der Waals surface area contributed by atoms with Gasteiger partial charge in [0.05, 0.1) is 7.11 Å². The van der Waals surface area contributed by atoms with E-state index in [1.807, 2.05) is 31.3 Å². The Hall–Kier alpha value is -1.55. The summed E-state index contributed by atoms with van der Waals surface area (Å²) in [6.45, 7) is 0.763. The SMILES string of the molecule is CNCc1ccc(OCC(=O)OC)cc1. The predicted molar refractivity (Wildman–Crippen MR) is 56.7 cm³/mol. The number of benzene rings is 1. The highest BCUT2D eigenvalue weighted by Crippen LogP contribution is 2.11.